The highest BCUT2D eigenvalue weighted by atomic mass is 16.5. The normalized spacial score (nSPS) is 13.8. The Hall–Kier alpha value is -3.74. The van der Waals surface area contributed by atoms with Gasteiger partial charge in [-0.3, -0.25) is 19.3 Å². The van der Waals surface area contributed by atoms with Crippen molar-refractivity contribution in [1.82, 2.24) is 10.1 Å². The summed E-state index contributed by atoms with van der Waals surface area (Å²) in [6.07, 6.45) is 0.546. The second kappa shape index (κ2) is 7.48. The quantitative estimate of drug-likeness (QED) is 0.691. The zero-order valence-electron chi connectivity index (χ0n) is 14.9. The van der Waals surface area contributed by atoms with Crippen molar-refractivity contribution in [3.63, 3.8) is 0 Å². The van der Waals surface area contributed by atoms with Gasteiger partial charge in [-0.2, -0.15) is 0 Å². The van der Waals surface area contributed by atoms with E-state index in [4.69, 9.17) is 4.52 Å². The molecule has 1 saturated heterocycles. The summed E-state index contributed by atoms with van der Waals surface area (Å²) in [4.78, 5) is 37.0. The maximum absolute atomic E-state index is 12.4. The van der Waals surface area contributed by atoms with Gasteiger partial charge in [0.05, 0.1) is 6.54 Å². The van der Waals surface area contributed by atoms with Crippen LogP contribution in [0.2, 0.25) is 0 Å². The summed E-state index contributed by atoms with van der Waals surface area (Å²) < 4.78 is 5.15. The van der Waals surface area contributed by atoms with Crippen molar-refractivity contribution in [2.75, 3.05) is 5.32 Å². The first-order chi connectivity index (χ1) is 13.6. The van der Waals surface area contributed by atoms with E-state index in [1.165, 1.54) is 4.90 Å². The molecule has 1 aliphatic heterocycles. The third kappa shape index (κ3) is 3.68. The van der Waals surface area contributed by atoms with Crippen LogP contribution in [-0.2, 0) is 16.1 Å². The van der Waals surface area contributed by atoms with Crippen LogP contribution in [-0.4, -0.2) is 27.8 Å². The van der Waals surface area contributed by atoms with E-state index in [-0.39, 0.29) is 37.0 Å². The van der Waals surface area contributed by atoms with E-state index >= 15 is 0 Å². The number of aromatic nitrogens is 1. The van der Waals surface area contributed by atoms with Gasteiger partial charge in [-0.15, -0.1) is 0 Å². The largest absolute Gasteiger partial charge is 0.350 e. The molecule has 4 rings (SSSR count). The maximum atomic E-state index is 12.4. The fourth-order valence-electron chi connectivity index (χ4n) is 3.00. The number of carbonyl (C=O) groups excluding carboxylic acids is 3. The van der Waals surface area contributed by atoms with Gasteiger partial charge in [-0.05, 0) is 17.7 Å². The molecule has 3 aromatic rings. The summed E-state index contributed by atoms with van der Waals surface area (Å²) >= 11 is 0. The predicted molar refractivity (Wildman–Crippen MR) is 101 cm³/mol. The number of carbonyl (C=O) groups is 3. The third-order valence-corrected chi connectivity index (χ3v) is 4.51. The molecule has 1 aromatic heterocycles. The van der Waals surface area contributed by atoms with Crippen LogP contribution in [0.4, 0.5) is 5.69 Å². The Morgan fingerprint density at radius 2 is 1.68 bits per heavy atom. The van der Waals surface area contributed by atoms with Crippen molar-refractivity contribution in [3.05, 3.63) is 72.0 Å². The SMILES string of the molecule is O=C(Nc1ccc(CN2C(=O)CCC2=O)cc1)c1cc(-c2ccccc2)no1. The van der Waals surface area contributed by atoms with E-state index in [2.05, 4.69) is 10.5 Å². The lowest BCUT2D eigenvalue weighted by molar-refractivity contribution is -0.139. The van der Waals surface area contributed by atoms with Crippen LogP contribution in [0.15, 0.2) is 65.2 Å². The molecule has 0 bridgehead atoms. The first-order valence-electron chi connectivity index (χ1n) is 8.86. The van der Waals surface area contributed by atoms with Gasteiger partial charge in [-0.25, -0.2) is 0 Å². The lowest BCUT2D eigenvalue weighted by atomic mass is 10.1. The predicted octanol–water partition coefficient (Wildman–Crippen LogP) is 3.24. The Balaban J connectivity index is 1.40. The summed E-state index contributed by atoms with van der Waals surface area (Å²) in [5.74, 6) is -0.604. The first kappa shape index (κ1) is 17.7. The van der Waals surface area contributed by atoms with Gasteiger partial charge < -0.3 is 9.84 Å². The molecule has 7 nitrogen and oxygen atoms in total. The lowest BCUT2D eigenvalue weighted by Gasteiger charge is -2.14. The van der Waals surface area contributed by atoms with Crippen molar-refractivity contribution in [1.29, 1.82) is 0 Å². The van der Waals surface area contributed by atoms with E-state index in [1.807, 2.05) is 30.3 Å². The van der Waals surface area contributed by atoms with Crippen LogP contribution in [0.3, 0.4) is 0 Å². The Morgan fingerprint density at radius 1 is 1.00 bits per heavy atom. The van der Waals surface area contributed by atoms with Crippen LogP contribution in [0.1, 0.15) is 29.0 Å². The Kier molecular flexibility index (Phi) is 4.72. The van der Waals surface area contributed by atoms with Crippen LogP contribution in [0.25, 0.3) is 11.3 Å². The molecule has 28 heavy (non-hydrogen) atoms. The molecule has 0 atom stereocenters. The van der Waals surface area contributed by atoms with E-state index < -0.39 is 5.91 Å². The zero-order chi connectivity index (χ0) is 19.5. The van der Waals surface area contributed by atoms with Crippen molar-refractivity contribution in [2.24, 2.45) is 0 Å². The number of nitrogens with one attached hydrogen (secondary N) is 1. The van der Waals surface area contributed by atoms with Crippen LogP contribution in [0.5, 0.6) is 0 Å². The molecule has 0 spiro atoms. The molecule has 0 radical (unpaired) electrons. The average Bonchev–Trinajstić information content (AvgIpc) is 3.33. The molecule has 0 aliphatic carbocycles. The van der Waals surface area contributed by atoms with Gasteiger partial charge in [0.15, 0.2) is 0 Å². The first-order valence-corrected chi connectivity index (χ1v) is 8.86. The number of benzene rings is 2. The minimum absolute atomic E-state index is 0.108. The number of anilines is 1. The minimum Gasteiger partial charge on any atom is -0.350 e. The molecule has 2 heterocycles. The second-order valence-electron chi connectivity index (χ2n) is 6.47. The standard InChI is InChI=1S/C21H17N3O4/c25-19-10-11-20(26)24(19)13-14-6-8-16(9-7-14)22-21(27)18-12-17(23-28-18)15-4-2-1-3-5-15/h1-9,12H,10-11,13H2,(H,22,27). The molecular formula is C21H17N3O4. The highest BCUT2D eigenvalue weighted by molar-refractivity contribution is 6.03. The summed E-state index contributed by atoms with van der Waals surface area (Å²) in [7, 11) is 0. The topological polar surface area (TPSA) is 92.5 Å². The summed E-state index contributed by atoms with van der Waals surface area (Å²) in [5, 5.41) is 6.67. The number of imide groups is 1. The molecule has 1 fully saturated rings. The summed E-state index contributed by atoms with van der Waals surface area (Å²) in [5.41, 5.74) is 2.83. The smallest absolute Gasteiger partial charge is 0.294 e. The van der Waals surface area contributed by atoms with E-state index in [0.717, 1.165) is 11.1 Å². The number of hydrogen-bond acceptors (Lipinski definition) is 5. The van der Waals surface area contributed by atoms with Crippen molar-refractivity contribution >= 4 is 23.4 Å². The Labute approximate surface area is 160 Å². The van der Waals surface area contributed by atoms with Gasteiger partial charge in [0.2, 0.25) is 17.6 Å². The van der Waals surface area contributed by atoms with Gasteiger partial charge in [0, 0.05) is 30.2 Å². The molecule has 0 unspecified atom stereocenters. The zero-order valence-corrected chi connectivity index (χ0v) is 14.9. The van der Waals surface area contributed by atoms with E-state index in [9.17, 15) is 14.4 Å². The monoisotopic (exact) mass is 375 g/mol. The van der Waals surface area contributed by atoms with Gasteiger partial charge >= 0.3 is 0 Å². The lowest BCUT2D eigenvalue weighted by Crippen LogP contribution is -2.28. The molecule has 1 aliphatic rings. The Bertz CT molecular complexity index is 1010. The molecule has 7 heteroatoms. The number of amides is 3. The highest BCUT2D eigenvalue weighted by Crippen LogP contribution is 2.20. The van der Waals surface area contributed by atoms with E-state index in [0.29, 0.717) is 11.4 Å². The molecule has 140 valence electrons. The minimum atomic E-state index is -0.410. The molecule has 1 N–H and O–H groups in total. The van der Waals surface area contributed by atoms with E-state index in [1.54, 1.807) is 30.3 Å². The van der Waals surface area contributed by atoms with Crippen molar-refractivity contribution < 1.29 is 18.9 Å². The highest BCUT2D eigenvalue weighted by Gasteiger charge is 2.28. The molecular weight excluding hydrogens is 358 g/mol. The van der Waals surface area contributed by atoms with Gasteiger partial charge in [-0.1, -0.05) is 47.6 Å². The maximum Gasteiger partial charge on any atom is 0.294 e. The molecule has 2 aromatic carbocycles. The fraction of sp³-hybridized carbons (Fsp3) is 0.143. The van der Waals surface area contributed by atoms with Gasteiger partial charge in [0.25, 0.3) is 5.91 Å². The second-order valence-corrected chi connectivity index (χ2v) is 6.47. The van der Waals surface area contributed by atoms with Crippen molar-refractivity contribution in [2.45, 2.75) is 19.4 Å². The third-order valence-electron chi connectivity index (χ3n) is 4.51. The van der Waals surface area contributed by atoms with Crippen LogP contribution in [0, 0.1) is 0 Å². The van der Waals surface area contributed by atoms with Crippen LogP contribution >= 0.6 is 0 Å². The summed E-state index contributed by atoms with van der Waals surface area (Å²) in [6.45, 7) is 0.244. The molecule has 0 saturated carbocycles. The number of rotatable bonds is 5. The fourth-order valence-corrected chi connectivity index (χ4v) is 3.00. The molecule has 3 amide bonds. The number of likely N-dealkylation sites (tertiary alicyclic amines) is 1. The Morgan fingerprint density at radius 3 is 2.36 bits per heavy atom. The van der Waals surface area contributed by atoms with Crippen molar-refractivity contribution in [3.8, 4) is 11.3 Å². The number of hydrogen-bond donors (Lipinski definition) is 1. The summed E-state index contributed by atoms with van der Waals surface area (Å²) in [6, 6.07) is 18.0. The average molecular weight is 375 g/mol. The number of nitrogens with zero attached hydrogens (tertiary/aromatic N) is 2. The van der Waals surface area contributed by atoms with Crippen LogP contribution < -0.4 is 5.32 Å². The van der Waals surface area contributed by atoms with Gasteiger partial charge in [0.1, 0.15) is 5.69 Å².